The molecule has 1 unspecified atom stereocenters. The summed E-state index contributed by atoms with van der Waals surface area (Å²) < 4.78 is 1.79. The maximum absolute atomic E-state index is 11.2. The lowest BCUT2D eigenvalue weighted by molar-refractivity contribution is -0.144. The molecule has 1 rings (SSSR count). The van der Waals surface area contributed by atoms with Gasteiger partial charge in [-0.25, -0.2) is 0 Å². The van der Waals surface area contributed by atoms with Crippen molar-refractivity contribution in [2.45, 2.75) is 45.7 Å². The molecule has 0 saturated carbocycles. The first kappa shape index (κ1) is 13.7. The molecule has 5 heteroatoms. The molecule has 1 atom stereocenters. The van der Waals surface area contributed by atoms with Gasteiger partial charge in [-0.1, -0.05) is 13.3 Å². The van der Waals surface area contributed by atoms with Gasteiger partial charge >= 0.3 is 5.97 Å². The van der Waals surface area contributed by atoms with Crippen molar-refractivity contribution in [2.24, 2.45) is 7.05 Å². The van der Waals surface area contributed by atoms with E-state index in [-0.39, 0.29) is 0 Å². The Labute approximate surface area is 102 Å². The van der Waals surface area contributed by atoms with Crippen LogP contribution in [0.2, 0.25) is 0 Å². The van der Waals surface area contributed by atoms with E-state index in [0.29, 0.717) is 13.0 Å². The summed E-state index contributed by atoms with van der Waals surface area (Å²) in [7, 11) is 1.88. The van der Waals surface area contributed by atoms with Gasteiger partial charge in [-0.15, -0.1) is 0 Å². The molecule has 96 valence electrons. The smallest absolute Gasteiger partial charge is 0.323 e. The van der Waals surface area contributed by atoms with Crippen LogP contribution in [0.4, 0.5) is 0 Å². The molecule has 1 heterocycles. The van der Waals surface area contributed by atoms with E-state index in [1.54, 1.807) is 17.8 Å². The third kappa shape index (κ3) is 3.06. The van der Waals surface area contributed by atoms with Crippen molar-refractivity contribution in [3.05, 3.63) is 17.5 Å². The number of carbonyl (C=O) groups is 1. The summed E-state index contributed by atoms with van der Waals surface area (Å²) in [5.41, 5.74) is 1.23. The fourth-order valence-electron chi connectivity index (χ4n) is 1.78. The molecule has 0 amide bonds. The number of rotatable bonds is 6. The Morgan fingerprint density at radius 2 is 2.29 bits per heavy atom. The SMILES string of the molecule is CCCC(C)(NCc1cnn(C)c1C)C(=O)O. The van der Waals surface area contributed by atoms with Crippen LogP contribution in [-0.2, 0) is 18.4 Å². The summed E-state index contributed by atoms with van der Waals surface area (Å²) in [5, 5.41) is 16.5. The first-order valence-electron chi connectivity index (χ1n) is 5.86. The lowest BCUT2D eigenvalue weighted by Crippen LogP contribution is -2.48. The minimum Gasteiger partial charge on any atom is -0.480 e. The van der Waals surface area contributed by atoms with E-state index in [0.717, 1.165) is 17.7 Å². The Balaban J connectivity index is 2.71. The lowest BCUT2D eigenvalue weighted by atomic mass is 9.96. The second-order valence-corrected chi connectivity index (χ2v) is 4.62. The molecule has 0 spiro atoms. The first-order chi connectivity index (χ1) is 7.90. The molecule has 0 fully saturated rings. The van der Waals surface area contributed by atoms with E-state index < -0.39 is 11.5 Å². The van der Waals surface area contributed by atoms with Crippen molar-refractivity contribution in [1.29, 1.82) is 0 Å². The Bertz CT molecular complexity index is 400. The van der Waals surface area contributed by atoms with Gasteiger partial charge in [-0.3, -0.25) is 14.8 Å². The second kappa shape index (κ2) is 5.31. The lowest BCUT2D eigenvalue weighted by Gasteiger charge is -2.25. The predicted octanol–water partition coefficient (Wildman–Crippen LogP) is 1.46. The zero-order valence-electron chi connectivity index (χ0n) is 10.9. The molecule has 2 N–H and O–H groups in total. The van der Waals surface area contributed by atoms with Gasteiger partial charge in [0.1, 0.15) is 5.54 Å². The van der Waals surface area contributed by atoms with Crippen LogP contribution in [0.25, 0.3) is 0 Å². The van der Waals surface area contributed by atoms with E-state index in [2.05, 4.69) is 10.4 Å². The Morgan fingerprint density at radius 3 is 2.71 bits per heavy atom. The van der Waals surface area contributed by atoms with Crippen LogP contribution in [0.3, 0.4) is 0 Å². The number of carboxylic acids is 1. The third-order valence-corrected chi connectivity index (χ3v) is 3.23. The van der Waals surface area contributed by atoms with Crippen LogP contribution in [0.5, 0.6) is 0 Å². The minimum absolute atomic E-state index is 0.530. The normalized spacial score (nSPS) is 14.6. The van der Waals surface area contributed by atoms with E-state index in [1.165, 1.54) is 0 Å². The molecular formula is C12H21N3O2. The van der Waals surface area contributed by atoms with Crippen LogP contribution < -0.4 is 5.32 Å². The van der Waals surface area contributed by atoms with Crippen molar-refractivity contribution in [3.8, 4) is 0 Å². The number of aliphatic carboxylic acids is 1. The highest BCUT2D eigenvalue weighted by Gasteiger charge is 2.31. The quantitative estimate of drug-likeness (QED) is 0.788. The molecule has 0 bridgehead atoms. The zero-order chi connectivity index (χ0) is 13.1. The average Bonchev–Trinajstić information content (AvgIpc) is 2.57. The number of nitrogens with one attached hydrogen (secondary N) is 1. The van der Waals surface area contributed by atoms with Crippen LogP contribution in [0.15, 0.2) is 6.20 Å². The number of aryl methyl sites for hydroxylation is 1. The predicted molar refractivity (Wildman–Crippen MR) is 65.7 cm³/mol. The fourth-order valence-corrected chi connectivity index (χ4v) is 1.78. The first-order valence-corrected chi connectivity index (χ1v) is 5.86. The maximum atomic E-state index is 11.2. The average molecular weight is 239 g/mol. The van der Waals surface area contributed by atoms with Gasteiger partial charge in [0, 0.05) is 24.8 Å². The van der Waals surface area contributed by atoms with Crippen molar-refractivity contribution < 1.29 is 9.90 Å². The maximum Gasteiger partial charge on any atom is 0.323 e. The minimum atomic E-state index is -0.864. The van der Waals surface area contributed by atoms with Gasteiger partial charge in [-0.05, 0) is 20.3 Å². The molecule has 0 aromatic carbocycles. The molecule has 0 radical (unpaired) electrons. The van der Waals surface area contributed by atoms with Crippen molar-refractivity contribution in [1.82, 2.24) is 15.1 Å². The number of hydrogen-bond donors (Lipinski definition) is 2. The summed E-state index contributed by atoms with van der Waals surface area (Å²) >= 11 is 0. The van der Waals surface area contributed by atoms with Crippen LogP contribution >= 0.6 is 0 Å². The largest absolute Gasteiger partial charge is 0.480 e. The van der Waals surface area contributed by atoms with E-state index in [1.807, 2.05) is 20.9 Å². The van der Waals surface area contributed by atoms with Gasteiger partial charge in [0.05, 0.1) is 6.20 Å². The third-order valence-electron chi connectivity index (χ3n) is 3.23. The molecule has 0 aliphatic rings. The number of nitrogens with zero attached hydrogens (tertiary/aromatic N) is 2. The van der Waals surface area contributed by atoms with Gasteiger partial charge in [-0.2, -0.15) is 5.10 Å². The van der Waals surface area contributed by atoms with Crippen LogP contribution in [0, 0.1) is 6.92 Å². The Hall–Kier alpha value is -1.36. The van der Waals surface area contributed by atoms with E-state index in [9.17, 15) is 9.90 Å². The molecule has 1 aromatic rings. The van der Waals surface area contributed by atoms with E-state index in [4.69, 9.17) is 0 Å². The van der Waals surface area contributed by atoms with Crippen LogP contribution in [0.1, 0.15) is 37.9 Å². The highest BCUT2D eigenvalue weighted by molar-refractivity contribution is 5.78. The summed E-state index contributed by atoms with van der Waals surface area (Å²) in [6.07, 6.45) is 3.22. The summed E-state index contributed by atoms with van der Waals surface area (Å²) in [6, 6.07) is 0. The number of hydrogen-bond acceptors (Lipinski definition) is 3. The van der Waals surface area contributed by atoms with Gasteiger partial charge in [0.25, 0.3) is 0 Å². The van der Waals surface area contributed by atoms with Crippen LogP contribution in [-0.4, -0.2) is 26.4 Å². The van der Waals surface area contributed by atoms with Gasteiger partial charge in [0.2, 0.25) is 0 Å². The zero-order valence-corrected chi connectivity index (χ0v) is 10.9. The Morgan fingerprint density at radius 1 is 1.65 bits per heavy atom. The number of carboxylic acid groups (broad SMARTS) is 1. The van der Waals surface area contributed by atoms with Gasteiger partial charge < -0.3 is 5.11 Å². The second-order valence-electron chi connectivity index (χ2n) is 4.62. The molecule has 0 aliphatic carbocycles. The van der Waals surface area contributed by atoms with Crippen molar-refractivity contribution >= 4 is 5.97 Å². The highest BCUT2D eigenvalue weighted by Crippen LogP contribution is 2.14. The fraction of sp³-hybridized carbons (Fsp3) is 0.667. The van der Waals surface area contributed by atoms with E-state index >= 15 is 0 Å². The highest BCUT2D eigenvalue weighted by atomic mass is 16.4. The summed E-state index contributed by atoms with van der Waals surface area (Å²) in [5.74, 6) is -0.805. The topological polar surface area (TPSA) is 67.2 Å². The van der Waals surface area contributed by atoms with Crippen molar-refractivity contribution in [2.75, 3.05) is 0 Å². The van der Waals surface area contributed by atoms with Gasteiger partial charge in [0.15, 0.2) is 0 Å². The standard InChI is InChI=1S/C12H21N3O2/c1-5-6-12(3,11(16)17)13-7-10-8-14-15(4)9(10)2/h8,13H,5-7H2,1-4H3,(H,16,17). The molecular weight excluding hydrogens is 218 g/mol. The molecule has 5 nitrogen and oxygen atoms in total. The monoisotopic (exact) mass is 239 g/mol. The summed E-state index contributed by atoms with van der Waals surface area (Å²) in [6.45, 7) is 6.22. The Kier molecular flexibility index (Phi) is 4.28. The molecule has 17 heavy (non-hydrogen) atoms. The van der Waals surface area contributed by atoms with Crippen molar-refractivity contribution in [3.63, 3.8) is 0 Å². The summed E-state index contributed by atoms with van der Waals surface area (Å²) in [4.78, 5) is 11.2. The molecule has 0 aliphatic heterocycles. The molecule has 0 saturated heterocycles. The number of aromatic nitrogens is 2. The molecule has 1 aromatic heterocycles.